The van der Waals surface area contributed by atoms with Crippen LogP contribution >= 0.6 is 0 Å². The molecule has 2 heterocycles. The molecule has 128 valence electrons. The molecule has 1 aromatic heterocycles. The maximum absolute atomic E-state index is 12.6. The van der Waals surface area contributed by atoms with Gasteiger partial charge in [-0.2, -0.15) is 18.3 Å². The third kappa shape index (κ3) is 3.77. The van der Waals surface area contributed by atoms with Crippen molar-refractivity contribution in [1.29, 1.82) is 0 Å². The van der Waals surface area contributed by atoms with Gasteiger partial charge in [0.15, 0.2) is 5.69 Å². The molecule has 1 saturated heterocycles. The van der Waals surface area contributed by atoms with E-state index in [1.807, 2.05) is 30.3 Å². The molecule has 0 aliphatic carbocycles. The number of rotatable bonds is 4. The summed E-state index contributed by atoms with van der Waals surface area (Å²) in [4.78, 5) is 14.2. The van der Waals surface area contributed by atoms with Crippen LogP contribution in [0.4, 0.5) is 13.2 Å². The van der Waals surface area contributed by atoms with Crippen molar-refractivity contribution in [3.8, 4) is 0 Å². The molecule has 0 radical (unpaired) electrons. The van der Waals surface area contributed by atoms with E-state index in [-0.39, 0.29) is 18.5 Å². The number of carbonyl (C=O) groups excluding carboxylic acids is 1. The molecule has 1 fully saturated rings. The molecule has 1 aliphatic rings. The Hall–Kier alpha value is -2.31. The minimum absolute atomic E-state index is 0.0950. The molecule has 0 bridgehead atoms. The summed E-state index contributed by atoms with van der Waals surface area (Å²) in [6.45, 7) is 0.477. The minimum Gasteiger partial charge on any atom is -0.338 e. The minimum atomic E-state index is -4.49. The largest absolute Gasteiger partial charge is 0.435 e. The Balaban J connectivity index is 1.64. The normalized spacial score (nSPS) is 18.1. The van der Waals surface area contributed by atoms with E-state index >= 15 is 0 Å². The molecule has 1 aliphatic heterocycles. The van der Waals surface area contributed by atoms with Gasteiger partial charge < -0.3 is 4.90 Å². The smallest absolute Gasteiger partial charge is 0.338 e. The number of nitrogens with zero attached hydrogens (tertiary/aromatic N) is 3. The zero-order chi connectivity index (χ0) is 17.2. The average Bonchev–Trinajstić information content (AvgIpc) is 3.17. The maximum Gasteiger partial charge on any atom is 0.435 e. The van der Waals surface area contributed by atoms with Gasteiger partial charge in [0.05, 0.1) is 0 Å². The van der Waals surface area contributed by atoms with Crippen molar-refractivity contribution >= 4 is 5.91 Å². The summed E-state index contributed by atoms with van der Waals surface area (Å²) in [6, 6.07) is 10.9. The van der Waals surface area contributed by atoms with E-state index in [1.54, 1.807) is 4.90 Å². The highest BCUT2D eigenvalue weighted by atomic mass is 19.4. The molecular weight excluding hydrogens is 319 g/mol. The number of benzene rings is 1. The van der Waals surface area contributed by atoms with Crippen LogP contribution < -0.4 is 0 Å². The summed E-state index contributed by atoms with van der Waals surface area (Å²) in [5, 5.41) is 3.45. The second-order valence-electron chi connectivity index (χ2n) is 5.97. The van der Waals surface area contributed by atoms with Crippen molar-refractivity contribution in [3.63, 3.8) is 0 Å². The highest BCUT2D eigenvalue weighted by Crippen LogP contribution is 2.27. The summed E-state index contributed by atoms with van der Waals surface area (Å²) in [5.41, 5.74) is 0.179. The van der Waals surface area contributed by atoms with Crippen LogP contribution in [-0.4, -0.2) is 33.2 Å². The predicted octanol–water partition coefficient (Wildman–Crippen LogP) is 3.14. The third-order valence-electron chi connectivity index (χ3n) is 4.24. The maximum atomic E-state index is 12.6. The van der Waals surface area contributed by atoms with Gasteiger partial charge in [-0.05, 0) is 30.9 Å². The fraction of sp³-hybridized carbons (Fsp3) is 0.412. The lowest BCUT2D eigenvalue weighted by Crippen LogP contribution is -2.39. The van der Waals surface area contributed by atoms with Gasteiger partial charge in [0.1, 0.15) is 6.54 Å². The van der Waals surface area contributed by atoms with Crippen molar-refractivity contribution in [2.24, 2.45) is 0 Å². The van der Waals surface area contributed by atoms with E-state index in [4.69, 9.17) is 0 Å². The first-order valence-corrected chi connectivity index (χ1v) is 7.87. The van der Waals surface area contributed by atoms with Gasteiger partial charge in [0.2, 0.25) is 5.91 Å². The molecular formula is C17H18F3N3O. The zero-order valence-electron chi connectivity index (χ0n) is 13.0. The fourth-order valence-corrected chi connectivity index (χ4v) is 3.09. The molecule has 1 atom stereocenters. The molecule has 0 spiro atoms. The Kier molecular flexibility index (Phi) is 4.59. The van der Waals surface area contributed by atoms with Crippen LogP contribution in [0.15, 0.2) is 42.6 Å². The molecule has 1 aromatic carbocycles. The Bertz CT molecular complexity index is 697. The third-order valence-corrected chi connectivity index (χ3v) is 4.24. The Morgan fingerprint density at radius 1 is 1.21 bits per heavy atom. The summed E-state index contributed by atoms with van der Waals surface area (Å²) in [5.74, 6) is -0.190. The second kappa shape index (κ2) is 6.67. The molecule has 0 N–H and O–H groups in total. The quantitative estimate of drug-likeness (QED) is 0.860. The second-order valence-corrected chi connectivity index (χ2v) is 5.97. The average molecular weight is 337 g/mol. The highest BCUT2D eigenvalue weighted by Gasteiger charge is 2.34. The summed E-state index contributed by atoms with van der Waals surface area (Å²) < 4.78 is 38.8. The van der Waals surface area contributed by atoms with Gasteiger partial charge in [-0.25, -0.2) is 0 Å². The first-order chi connectivity index (χ1) is 11.4. The molecule has 24 heavy (non-hydrogen) atoms. The predicted molar refractivity (Wildman–Crippen MR) is 82.1 cm³/mol. The van der Waals surface area contributed by atoms with Gasteiger partial charge >= 0.3 is 6.18 Å². The van der Waals surface area contributed by atoms with Crippen LogP contribution in [0.3, 0.4) is 0 Å². The van der Waals surface area contributed by atoms with Crippen molar-refractivity contribution in [2.75, 3.05) is 6.54 Å². The number of hydrogen-bond acceptors (Lipinski definition) is 2. The lowest BCUT2D eigenvalue weighted by Gasteiger charge is -2.25. The topological polar surface area (TPSA) is 38.1 Å². The molecule has 3 rings (SSSR count). The number of amides is 1. The van der Waals surface area contributed by atoms with E-state index in [9.17, 15) is 18.0 Å². The standard InChI is InChI=1S/C17H18F3N3O/c18-17(19,20)15-8-10-22(21-15)12-16(24)23-9-4-7-14(23)11-13-5-2-1-3-6-13/h1-3,5-6,8,10,14H,4,7,9,11-12H2. The number of hydrogen-bond donors (Lipinski definition) is 0. The molecule has 2 aromatic rings. The van der Waals surface area contributed by atoms with Gasteiger partial charge in [-0.1, -0.05) is 30.3 Å². The number of alkyl halides is 3. The summed E-state index contributed by atoms with van der Waals surface area (Å²) >= 11 is 0. The number of likely N-dealkylation sites (tertiary alicyclic amines) is 1. The molecule has 0 saturated carbocycles. The molecule has 7 heteroatoms. The van der Waals surface area contributed by atoms with E-state index in [0.29, 0.717) is 6.54 Å². The van der Waals surface area contributed by atoms with Crippen LogP contribution in [0.1, 0.15) is 24.1 Å². The molecule has 4 nitrogen and oxygen atoms in total. The lowest BCUT2D eigenvalue weighted by molar-refractivity contribution is -0.142. The van der Waals surface area contributed by atoms with E-state index < -0.39 is 11.9 Å². The Labute approximate surface area is 137 Å². The fourth-order valence-electron chi connectivity index (χ4n) is 3.09. The first-order valence-electron chi connectivity index (χ1n) is 7.87. The van der Waals surface area contributed by atoms with Crippen molar-refractivity contribution < 1.29 is 18.0 Å². The van der Waals surface area contributed by atoms with E-state index in [2.05, 4.69) is 5.10 Å². The highest BCUT2D eigenvalue weighted by molar-refractivity contribution is 5.76. The zero-order valence-corrected chi connectivity index (χ0v) is 13.0. The van der Waals surface area contributed by atoms with Crippen LogP contribution in [0, 0.1) is 0 Å². The number of aromatic nitrogens is 2. The number of halogens is 3. The van der Waals surface area contributed by atoms with Crippen LogP contribution in [0.5, 0.6) is 0 Å². The SMILES string of the molecule is O=C(Cn1ccc(C(F)(F)F)n1)N1CCCC1Cc1ccccc1. The summed E-state index contributed by atoms with van der Waals surface area (Å²) in [6.07, 6.45) is -0.704. The lowest BCUT2D eigenvalue weighted by atomic mass is 10.0. The van der Waals surface area contributed by atoms with Gasteiger partial charge in [0.25, 0.3) is 0 Å². The van der Waals surface area contributed by atoms with Crippen molar-refractivity contribution in [3.05, 3.63) is 53.9 Å². The van der Waals surface area contributed by atoms with Crippen LogP contribution in [0.2, 0.25) is 0 Å². The molecule has 1 unspecified atom stereocenters. The number of carbonyl (C=O) groups is 1. The monoisotopic (exact) mass is 337 g/mol. The van der Waals surface area contributed by atoms with Gasteiger partial charge in [-0.15, -0.1) is 0 Å². The van der Waals surface area contributed by atoms with Gasteiger partial charge in [-0.3, -0.25) is 9.48 Å². The van der Waals surface area contributed by atoms with E-state index in [1.165, 1.54) is 6.20 Å². The first kappa shape index (κ1) is 16.5. The van der Waals surface area contributed by atoms with Crippen molar-refractivity contribution in [1.82, 2.24) is 14.7 Å². The van der Waals surface area contributed by atoms with Crippen LogP contribution in [-0.2, 0) is 23.9 Å². The van der Waals surface area contributed by atoms with Crippen molar-refractivity contribution in [2.45, 2.75) is 38.0 Å². The molecule has 1 amide bonds. The Morgan fingerprint density at radius 3 is 2.62 bits per heavy atom. The Morgan fingerprint density at radius 2 is 1.96 bits per heavy atom. The van der Waals surface area contributed by atoms with Gasteiger partial charge in [0, 0.05) is 18.8 Å². The van der Waals surface area contributed by atoms with E-state index in [0.717, 1.165) is 35.6 Å². The summed E-state index contributed by atoms with van der Waals surface area (Å²) in [7, 11) is 0. The van der Waals surface area contributed by atoms with Crippen LogP contribution in [0.25, 0.3) is 0 Å².